The van der Waals surface area contributed by atoms with Gasteiger partial charge in [0.15, 0.2) is 6.10 Å². The van der Waals surface area contributed by atoms with E-state index in [2.05, 4.69) is 0 Å². The highest BCUT2D eigenvalue weighted by molar-refractivity contribution is 5.81. The lowest BCUT2D eigenvalue weighted by Gasteiger charge is -2.20. The number of methoxy groups -OCH3 is 1. The number of alkyl halides is 3. The zero-order chi connectivity index (χ0) is 20.8. The van der Waals surface area contributed by atoms with Crippen molar-refractivity contribution < 1.29 is 27.8 Å². The monoisotopic (exact) mass is 383 g/mol. The maximum Gasteiger partial charge on any atom is 0.417 e. The van der Waals surface area contributed by atoms with E-state index in [1.807, 2.05) is 20.8 Å². The Morgan fingerprint density at radius 2 is 1.56 bits per heavy atom. The summed E-state index contributed by atoms with van der Waals surface area (Å²) in [7, 11) is 1.15. The molecule has 0 bridgehead atoms. The average molecular weight is 383 g/mol. The molecule has 2 aromatic carbocycles. The molecule has 7 heteroatoms. The first-order chi connectivity index (χ1) is 12.4. The molecular formula is C20H24F3NO3. The molecule has 1 unspecified atom stereocenters. The summed E-state index contributed by atoms with van der Waals surface area (Å²) in [6.45, 7) is 5.90. The van der Waals surface area contributed by atoms with Crippen LogP contribution in [0.5, 0.6) is 0 Å². The van der Waals surface area contributed by atoms with Crippen molar-refractivity contribution in [3.05, 3.63) is 59.7 Å². The van der Waals surface area contributed by atoms with Gasteiger partial charge in [0.2, 0.25) is 0 Å². The summed E-state index contributed by atoms with van der Waals surface area (Å²) in [5.74, 6) is -1.35. The normalized spacial score (nSPS) is 12.7. The lowest BCUT2D eigenvalue weighted by atomic mass is 9.91. The number of carboxylic acids is 1. The van der Waals surface area contributed by atoms with Crippen LogP contribution in [0.1, 0.15) is 38.0 Å². The van der Waals surface area contributed by atoms with Gasteiger partial charge in [0.25, 0.3) is 0 Å². The van der Waals surface area contributed by atoms with Crippen LogP contribution in [0.4, 0.5) is 13.2 Å². The van der Waals surface area contributed by atoms with Crippen LogP contribution < -0.4 is 5.73 Å². The molecule has 0 saturated heterocycles. The Kier molecular flexibility index (Phi) is 7.56. The lowest BCUT2D eigenvalue weighted by Crippen LogP contribution is -2.26. The van der Waals surface area contributed by atoms with Gasteiger partial charge < -0.3 is 15.6 Å². The molecule has 0 aliphatic carbocycles. The standard InChI is InChI=1S/C16H13F3O3.C4H11N/c1-22-14(15(20)21)11-8-5-9-12(16(17,18)19)13(11)10-6-3-2-4-7-10;1-4(2,3)5/h2-9,14H,1H3,(H,20,21);5H2,1-3H3. The first-order valence-electron chi connectivity index (χ1n) is 8.16. The van der Waals surface area contributed by atoms with Gasteiger partial charge in [0.05, 0.1) is 5.56 Å². The van der Waals surface area contributed by atoms with Crippen LogP contribution in [-0.2, 0) is 15.7 Å². The fourth-order valence-electron chi connectivity index (χ4n) is 2.31. The number of hydrogen-bond donors (Lipinski definition) is 2. The first kappa shape index (κ1) is 22.7. The largest absolute Gasteiger partial charge is 0.479 e. The molecule has 0 saturated carbocycles. The second kappa shape index (κ2) is 9.01. The molecule has 0 radical (unpaired) electrons. The molecule has 2 rings (SSSR count). The first-order valence-corrected chi connectivity index (χ1v) is 8.16. The van der Waals surface area contributed by atoms with Gasteiger partial charge in [-0.25, -0.2) is 4.79 Å². The summed E-state index contributed by atoms with van der Waals surface area (Å²) in [6.07, 6.45) is -6.07. The zero-order valence-electron chi connectivity index (χ0n) is 15.7. The molecular weight excluding hydrogens is 359 g/mol. The number of ether oxygens (including phenoxy) is 1. The van der Waals surface area contributed by atoms with Crippen LogP contribution >= 0.6 is 0 Å². The van der Waals surface area contributed by atoms with Crippen LogP contribution in [0.15, 0.2) is 48.5 Å². The van der Waals surface area contributed by atoms with Gasteiger partial charge in [-0.3, -0.25) is 0 Å². The molecule has 0 aliphatic rings. The lowest BCUT2D eigenvalue weighted by molar-refractivity contribution is -0.149. The topological polar surface area (TPSA) is 72.5 Å². The molecule has 0 spiro atoms. The van der Waals surface area contributed by atoms with Crippen LogP contribution in [0.2, 0.25) is 0 Å². The molecule has 0 aromatic heterocycles. The second-order valence-corrected chi connectivity index (χ2v) is 6.95. The molecule has 0 amide bonds. The highest BCUT2D eigenvalue weighted by Crippen LogP contribution is 2.41. The van der Waals surface area contributed by atoms with Gasteiger partial charge in [-0.05, 0) is 32.4 Å². The molecule has 1 atom stereocenters. The predicted molar refractivity (Wildman–Crippen MR) is 98.2 cm³/mol. The maximum atomic E-state index is 13.3. The molecule has 4 nitrogen and oxygen atoms in total. The summed E-state index contributed by atoms with van der Waals surface area (Å²) >= 11 is 0. The fourth-order valence-corrected chi connectivity index (χ4v) is 2.31. The van der Waals surface area contributed by atoms with Crippen molar-refractivity contribution in [2.45, 2.75) is 38.6 Å². The minimum absolute atomic E-state index is 0. The SMILES string of the molecule is CC(C)(C)N.COC(C(=O)O)c1cccc(C(F)(F)F)c1-c1ccccc1. The van der Waals surface area contributed by atoms with Crippen molar-refractivity contribution in [2.75, 3.05) is 7.11 Å². The van der Waals surface area contributed by atoms with Gasteiger partial charge in [0.1, 0.15) is 0 Å². The Hall–Kier alpha value is -2.38. The Labute approximate surface area is 156 Å². The third kappa shape index (κ3) is 7.03. The van der Waals surface area contributed by atoms with Gasteiger partial charge in [-0.1, -0.05) is 42.5 Å². The minimum Gasteiger partial charge on any atom is -0.479 e. The van der Waals surface area contributed by atoms with Crippen LogP contribution in [-0.4, -0.2) is 23.7 Å². The number of hydrogen-bond acceptors (Lipinski definition) is 3. The molecule has 3 N–H and O–H groups in total. The molecule has 0 aliphatic heterocycles. The number of aliphatic carboxylic acids is 1. The van der Waals surface area contributed by atoms with Crippen molar-refractivity contribution in [2.24, 2.45) is 5.73 Å². The molecule has 27 heavy (non-hydrogen) atoms. The van der Waals surface area contributed by atoms with Crippen molar-refractivity contribution in [3.8, 4) is 11.1 Å². The molecule has 0 fully saturated rings. The third-order valence-corrected chi connectivity index (χ3v) is 3.21. The smallest absolute Gasteiger partial charge is 0.417 e. The van der Waals surface area contributed by atoms with E-state index >= 15 is 0 Å². The van der Waals surface area contributed by atoms with Gasteiger partial charge in [0, 0.05) is 23.8 Å². The third-order valence-electron chi connectivity index (χ3n) is 3.21. The van der Waals surface area contributed by atoms with Gasteiger partial charge in [-0.15, -0.1) is 0 Å². The number of carboxylic acid groups (broad SMARTS) is 1. The van der Waals surface area contributed by atoms with E-state index in [0.29, 0.717) is 0 Å². The Balaban J connectivity index is 0.000000646. The number of carbonyl (C=O) groups is 1. The van der Waals surface area contributed by atoms with Crippen molar-refractivity contribution in [1.29, 1.82) is 0 Å². The van der Waals surface area contributed by atoms with Crippen LogP contribution in [0.3, 0.4) is 0 Å². The van der Waals surface area contributed by atoms with Crippen molar-refractivity contribution >= 4 is 5.97 Å². The summed E-state index contributed by atoms with van der Waals surface area (Å²) in [5, 5.41) is 9.19. The second-order valence-electron chi connectivity index (χ2n) is 6.95. The van der Waals surface area contributed by atoms with E-state index in [9.17, 15) is 23.1 Å². The highest BCUT2D eigenvalue weighted by Gasteiger charge is 2.36. The van der Waals surface area contributed by atoms with Crippen molar-refractivity contribution in [3.63, 3.8) is 0 Å². The Morgan fingerprint density at radius 1 is 1.04 bits per heavy atom. The van der Waals surface area contributed by atoms with E-state index in [0.717, 1.165) is 13.2 Å². The number of halogens is 3. The molecule has 2 aromatic rings. The van der Waals surface area contributed by atoms with E-state index in [4.69, 9.17) is 10.5 Å². The predicted octanol–water partition coefficient (Wildman–Crippen LogP) is 4.89. The van der Waals surface area contributed by atoms with Gasteiger partial charge >= 0.3 is 12.1 Å². The summed E-state index contributed by atoms with van der Waals surface area (Å²) < 4.78 is 44.7. The summed E-state index contributed by atoms with van der Waals surface area (Å²) in [4.78, 5) is 11.3. The Bertz CT molecular complexity index is 747. The van der Waals surface area contributed by atoms with E-state index in [1.54, 1.807) is 18.2 Å². The van der Waals surface area contributed by atoms with E-state index in [1.165, 1.54) is 24.3 Å². The summed E-state index contributed by atoms with van der Waals surface area (Å²) in [5.41, 5.74) is 4.54. The quantitative estimate of drug-likeness (QED) is 0.789. The fraction of sp³-hybridized carbons (Fsp3) is 0.350. The molecule has 0 heterocycles. The maximum absolute atomic E-state index is 13.3. The van der Waals surface area contributed by atoms with Crippen molar-refractivity contribution in [1.82, 2.24) is 0 Å². The number of benzene rings is 2. The van der Waals surface area contributed by atoms with Crippen LogP contribution in [0, 0.1) is 0 Å². The number of rotatable bonds is 4. The minimum atomic E-state index is -4.60. The van der Waals surface area contributed by atoms with Crippen LogP contribution in [0.25, 0.3) is 11.1 Å². The van der Waals surface area contributed by atoms with E-state index < -0.39 is 23.8 Å². The van der Waals surface area contributed by atoms with E-state index in [-0.39, 0.29) is 22.2 Å². The zero-order valence-corrected chi connectivity index (χ0v) is 15.7. The number of nitrogens with two attached hydrogens (primary N) is 1. The summed E-state index contributed by atoms with van der Waals surface area (Å²) in [6, 6.07) is 11.3. The Morgan fingerprint density at radius 3 is 1.96 bits per heavy atom. The highest BCUT2D eigenvalue weighted by atomic mass is 19.4. The van der Waals surface area contributed by atoms with Gasteiger partial charge in [-0.2, -0.15) is 13.2 Å². The molecule has 148 valence electrons. The average Bonchev–Trinajstić information content (AvgIpc) is 2.53.